The van der Waals surface area contributed by atoms with Gasteiger partial charge in [0, 0.05) is 24.5 Å². The highest BCUT2D eigenvalue weighted by Crippen LogP contribution is 2.33. The first-order valence-corrected chi connectivity index (χ1v) is 6.62. The minimum atomic E-state index is 0.155. The van der Waals surface area contributed by atoms with Gasteiger partial charge in [-0.05, 0) is 44.9 Å². The summed E-state index contributed by atoms with van der Waals surface area (Å²) in [5.41, 5.74) is 3.00. The maximum Gasteiger partial charge on any atom is 0.328 e. The van der Waals surface area contributed by atoms with E-state index in [-0.39, 0.29) is 11.7 Å². The second-order valence-electron chi connectivity index (χ2n) is 6.39. The summed E-state index contributed by atoms with van der Waals surface area (Å²) >= 11 is 0. The van der Waals surface area contributed by atoms with Crippen molar-refractivity contribution in [2.24, 2.45) is 12.5 Å². The van der Waals surface area contributed by atoms with Gasteiger partial charge in [0.25, 0.3) is 0 Å². The average molecular weight is 236 g/mol. The second kappa shape index (κ2) is 4.04. The van der Waals surface area contributed by atoms with Gasteiger partial charge in [0.1, 0.15) is 0 Å². The number of nitrogens with zero attached hydrogens (tertiary/aromatic N) is 2. The summed E-state index contributed by atoms with van der Waals surface area (Å²) in [4.78, 5) is 12.2. The van der Waals surface area contributed by atoms with Crippen molar-refractivity contribution in [3.05, 3.63) is 21.9 Å². The number of rotatable bonds is 1. The van der Waals surface area contributed by atoms with Gasteiger partial charge in [-0.2, -0.15) is 0 Å². The molecule has 1 aliphatic rings. The maximum atomic E-state index is 12.2. The van der Waals surface area contributed by atoms with Crippen molar-refractivity contribution in [2.75, 3.05) is 0 Å². The van der Waals surface area contributed by atoms with Gasteiger partial charge < -0.3 is 0 Å². The molecule has 3 heteroatoms. The van der Waals surface area contributed by atoms with Gasteiger partial charge in [-0.1, -0.05) is 13.8 Å². The number of hydrogen-bond acceptors (Lipinski definition) is 1. The van der Waals surface area contributed by atoms with Crippen LogP contribution in [0.1, 0.15) is 58.0 Å². The molecule has 0 saturated heterocycles. The number of imidazole rings is 1. The molecule has 0 atom stereocenters. The Morgan fingerprint density at radius 1 is 1.24 bits per heavy atom. The molecule has 0 saturated carbocycles. The van der Waals surface area contributed by atoms with Gasteiger partial charge in [0.05, 0.1) is 0 Å². The van der Waals surface area contributed by atoms with Crippen molar-refractivity contribution in [1.29, 1.82) is 0 Å². The van der Waals surface area contributed by atoms with E-state index in [9.17, 15) is 4.79 Å². The fraction of sp³-hybridized carbons (Fsp3) is 0.786. The molecule has 17 heavy (non-hydrogen) atoms. The summed E-state index contributed by atoms with van der Waals surface area (Å²) < 4.78 is 3.85. The van der Waals surface area contributed by atoms with E-state index in [1.165, 1.54) is 24.2 Å². The topological polar surface area (TPSA) is 26.9 Å². The second-order valence-corrected chi connectivity index (χ2v) is 6.39. The van der Waals surface area contributed by atoms with Gasteiger partial charge in [-0.3, -0.25) is 9.13 Å². The first-order chi connectivity index (χ1) is 7.83. The van der Waals surface area contributed by atoms with Crippen LogP contribution in [0.3, 0.4) is 0 Å². The van der Waals surface area contributed by atoms with E-state index in [1.807, 2.05) is 16.2 Å². The summed E-state index contributed by atoms with van der Waals surface area (Å²) in [6.07, 6.45) is 4.50. The lowest BCUT2D eigenvalue weighted by Crippen LogP contribution is -2.26. The van der Waals surface area contributed by atoms with Gasteiger partial charge in [0.2, 0.25) is 0 Å². The minimum Gasteiger partial charge on any atom is -0.299 e. The highest BCUT2D eigenvalue weighted by atomic mass is 16.1. The van der Waals surface area contributed by atoms with Crippen molar-refractivity contribution in [1.82, 2.24) is 9.13 Å². The molecule has 0 aliphatic heterocycles. The molecule has 0 unspecified atom stereocenters. The number of hydrogen-bond donors (Lipinski definition) is 0. The first kappa shape index (κ1) is 12.5. The van der Waals surface area contributed by atoms with Crippen LogP contribution in [0.15, 0.2) is 4.79 Å². The van der Waals surface area contributed by atoms with E-state index >= 15 is 0 Å². The van der Waals surface area contributed by atoms with Crippen LogP contribution in [0.5, 0.6) is 0 Å². The fourth-order valence-electron chi connectivity index (χ4n) is 3.03. The lowest BCUT2D eigenvalue weighted by Gasteiger charge is -2.23. The Morgan fingerprint density at radius 3 is 2.47 bits per heavy atom. The van der Waals surface area contributed by atoms with E-state index in [0.717, 1.165) is 12.8 Å². The number of aromatic nitrogens is 2. The van der Waals surface area contributed by atoms with E-state index in [4.69, 9.17) is 0 Å². The highest BCUT2D eigenvalue weighted by molar-refractivity contribution is 5.19. The third-order valence-corrected chi connectivity index (χ3v) is 3.95. The monoisotopic (exact) mass is 236 g/mol. The quantitative estimate of drug-likeness (QED) is 0.689. The minimum absolute atomic E-state index is 0.155. The molecule has 1 aromatic heterocycles. The standard InChI is InChI=1S/C14H24N2O/c1-10(2)16-12-9-14(3,4)8-6-7-11(12)15(5)13(16)17/h10H,6-9H2,1-5H3. The zero-order chi connectivity index (χ0) is 12.8. The van der Waals surface area contributed by atoms with Gasteiger partial charge in [-0.15, -0.1) is 0 Å². The third kappa shape index (κ3) is 2.07. The van der Waals surface area contributed by atoms with Crippen molar-refractivity contribution in [2.45, 2.75) is 59.4 Å². The molecule has 0 aromatic carbocycles. The van der Waals surface area contributed by atoms with Crippen LogP contribution < -0.4 is 5.69 Å². The zero-order valence-electron chi connectivity index (χ0n) is 11.7. The molecule has 3 nitrogen and oxygen atoms in total. The SMILES string of the molecule is CC(C)n1c2c(n(C)c1=O)CCCC(C)(C)C2. The predicted molar refractivity (Wildman–Crippen MR) is 70.5 cm³/mol. The lowest BCUT2D eigenvalue weighted by molar-refractivity contribution is 0.322. The Hall–Kier alpha value is -0.990. The summed E-state index contributed by atoms with van der Waals surface area (Å²) in [6, 6.07) is 0.256. The Bertz CT molecular complexity index is 477. The van der Waals surface area contributed by atoms with Crippen LogP contribution in [-0.4, -0.2) is 9.13 Å². The van der Waals surface area contributed by atoms with Crippen LogP contribution in [0.4, 0.5) is 0 Å². The molecule has 0 amide bonds. The predicted octanol–water partition coefficient (Wildman–Crippen LogP) is 2.67. The summed E-state index contributed by atoms with van der Waals surface area (Å²) in [7, 11) is 1.92. The molecule has 1 aliphatic carbocycles. The zero-order valence-corrected chi connectivity index (χ0v) is 11.7. The van der Waals surface area contributed by atoms with Gasteiger partial charge in [-0.25, -0.2) is 4.79 Å². The molecule has 1 heterocycles. The van der Waals surface area contributed by atoms with E-state index in [1.54, 1.807) is 0 Å². The smallest absolute Gasteiger partial charge is 0.299 e. The van der Waals surface area contributed by atoms with Crippen LogP contribution in [0.25, 0.3) is 0 Å². The molecule has 0 radical (unpaired) electrons. The lowest BCUT2D eigenvalue weighted by atomic mass is 9.85. The van der Waals surface area contributed by atoms with Crippen molar-refractivity contribution >= 4 is 0 Å². The Balaban J connectivity index is 2.62. The van der Waals surface area contributed by atoms with Crippen LogP contribution in [0, 0.1) is 5.41 Å². The van der Waals surface area contributed by atoms with Crippen LogP contribution in [0.2, 0.25) is 0 Å². The fourth-order valence-corrected chi connectivity index (χ4v) is 3.03. The Labute approximate surface area is 103 Å². The summed E-state index contributed by atoms with van der Waals surface area (Å²) in [5.74, 6) is 0. The summed E-state index contributed by atoms with van der Waals surface area (Å²) in [6.45, 7) is 8.81. The van der Waals surface area contributed by atoms with Crippen molar-refractivity contribution in [3.63, 3.8) is 0 Å². The molecule has 0 spiro atoms. The molecular formula is C14H24N2O. The Morgan fingerprint density at radius 2 is 1.88 bits per heavy atom. The molecular weight excluding hydrogens is 212 g/mol. The van der Waals surface area contributed by atoms with Gasteiger partial charge in [0.15, 0.2) is 0 Å². The average Bonchev–Trinajstić information content (AvgIpc) is 2.35. The van der Waals surface area contributed by atoms with Gasteiger partial charge >= 0.3 is 5.69 Å². The first-order valence-electron chi connectivity index (χ1n) is 6.62. The molecule has 1 aromatic rings. The van der Waals surface area contributed by atoms with E-state index in [0.29, 0.717) is 5.41 Å². The van der Waals surface area contributed by atoms with Crippen molar-refractivity contribution < 1.29 is 0 Å². The summed E-state index contributed by atoms with van der Waals surface area (Å²) in [5, 5.41) is 0. The largest absolute Gasteiger partial charge is 0.328 e. The highest BCUT2D eigenvalue weighted by Gasteiger charge is 2.29. The normalized spacial score (nSPS) is 19.2. The molecule has 0 N–H and O–H groups in total. The van der Waals surface area contributed by atoms with E-state index < -0.39 is 0 Å². The van der Waals surface area contributed by atoms with Crippen LogP contribution >= 0.6 is 0 Å². The molecule has 96 valence electrons. The number of fused-ring (bicyclic) bond motifs is 1. The third-order valence-electron chi connectivity index (χ3n) is 3.95. The van der Waals surface area contributed by atoms with E-state index in [2.05, 4.69) is 27.7 Å². The maximum absolute atomic E-state index is 12.2. The molecule has 2 rings (SSSR count). The molecule has 0 fully saturated rings. The molecule has 0 bridgehead atoms. The van der Waals surface area contributed by atoms with Crippen molar-refractivity contribution in [3.8, 4) is 0 Å². The Kier molecular flexibility index (Phi) is 2.96. The van der Waals surface area contributed by atoms with Crippen LogP contribution in [-0.2, 0) is 19.9 Å².